The van der Waals surface area contributed by atoms with E-state index in [-0.39, 0.29) is 18.4 Å². The van der Waals surface area contributed by atoms with Gasteiger partial charge in [-0.25, -0.2) is 0 Å². The van der Waals surface area contributed by atoms with Crippen molar-refractivity contribution in [1.82, 2.24) is 4.90 Å². The SMILES string of the molecule is C[C@H](C(=O)Nc1cccc(C#N)c1)N(C)CC(=O)Nc1cccc2ccccc12. The van der Waals surface area contributed by atoms with E-state index in [2.05, 4.69) is 10.6 Å². The normalized spacial score (nSPS) is 11.7. The van der Waals surface area contributed by atoms with Crippen LogP contribution in [-0.4, -0.2) is 36.3 Å². The molecule has 0 aliphatic rings. The average molecular weight is 386 g/mol. The van der Waals surface area contributed by atoms with Crippen molar-refractivity contribution >= 4 is 34.0 Å². The Morgan fingerprint density at radius 1 is 1.03 bits per heavy atom. The van der Waals surface area contributed by atoms with Crippen molar-refractivity contribution < 1.29 is 9.59 Å². The van der Waals surface area contributed by atoms with E-state index in [1.165, 1.54) is 0 Å². The predicted octanol–water partition coefficient (Wildman–Crippen LogP) is 3.61. The third-order valence-corrected chi connectivity index (χ3v) is 4.76. The zero-order valence-corrected chi connectivity index (χ0v) is 16.3. The molecule has 146 valence electrons. The number of nitrogens with one attached hydrogen (secondary N) is 2. The number of carbonyl (C=O) groups is 2. The maximum atomic E-state index is 12.5. The molecule has 0 aliphatic carbocycles. The number of likely N-dealkylation sites (N-methyl/N-ethyl adjacent to an activating group) is 1. The van der Waals surface area contributed by atoms with Gasteiger partial charge in [-0.2, -0.15) is 5.26 Å². The molecule has 2 amide bonds. The van der Waals surface area contributed by atoms with Crippen LogP contribution in [0.25, 0.3) is 10.8 Å². The van der Waals surface area contributed by atoms with Gasteiger partial charge < -0.3 is 10.6 Å². The first kappa shape index (κ1) is 20.1. The number of amides is 2. The van der Waals surface area contributed by atoms with Gasteiger partial charge in [0.2, 0.25) is 11.8 Å². The second-order valence-electron chi connectivity index (χ2n) is 6.85. The highest BCUT2D eigenvalue weighted by Crippen LogP contribution is 2.22. The maximum Gasteiger partial charge on any atom is 0.241 e. The number of fused-ring (bicyclic) bond motifs is 1. The Hall–Kier alpha value is -3.69. The molecule has 0 aliphatic heterocycles. The molecular weight excluding hydrogens is 364 g/mol. The van der Waals surface area contributed by atoms with Crippen LogP contribution >= 0.6 is 0 Å². The van der Waals surface area contributed by atoms with E-state index in [4.69, 9.17) is 5.26 Å². The topological polar surface area (TPSA) is 85.2 Å². The van der Waals surface area contributed by atoms with Crippen molar-refractivity contribution in [2.75, 3.05) is 24.2 Å². The second kappa shape index (κ2) is 9.00. The second-order valence-corrected chi connectivity index (χ2v) is 6.85. The Balaban J connectivity index is 1.61. The van der Waals surface area contributed by atoms with E-state index in [0.717, 1.165) is 16.5 Å². The summed E-state index contributed by atoms with van der Waals surface area (Å²) < 4.78 is 0. The fourth-order valence-corrected chi connectivity index (χ4v) is 3.00. The molecule has 3 rings (SSSR count). The molecular formula is C23H22N4O2. The molecule has 0 saturated carbocycles. The van der Waals surface area contributed by atoms with Crippen molar-refractivity contribution in [1.29, 1.82) is 5.26 Å². The largest absolute Gasteiger partial charge is 0.325 e. The average Bonchev–Trinajstić information content (AvgIpc) is 2.73. The van der Waals surface area contributed by atoms with Gasteiger partial charge in [0, 0.05) is 16.8 Å². The zero-order chi connectivity index (χ0) is 20.8. The number of carbonyl (C=O) groups excluding carboxylic acids is 2. The molecule has 0 saturated heterocycles. The van der Waals surface area contributed by atoms with E-state index in [1.807, 2.05) is 48.5 Å². The van der Waals surface area contributed by atoms with Crippen LogP contribution in [0.1, 0.15) is 12.5 Å². The molecule has 0 heterocycles. The maximum absolute atomic E-state index is 12.5. The molecule has 0 aromatic heterocycles. The van der Waals surface area contributed by atoms with Gasteiger partial charge in [0.05, 0.1) is 24.2 Å². The Morgan fingerprint density at radius 3 is 2.55 bits per heavy atom. The van der Waals surface area contributed by atoms with Crippen LogP contribution in [0.15, 0.2) is 66.7 Å². The summed E-state index contributed by atoms with van der Waals surface area (Å²) in [5, 5.41) is 16.7. The third kappa shape index (κ3) is 4.98. The molecule has 0 radical (unpaired) electrons. The third-order valence-electron chi connectivity index (χ3n) is 4.76. The van der Waals surface area contributed by atoms with Gasteiger partial charge in [0.1, 0.15) is 0 Å². The number of benzene rings is 3. The van der Waals surface area contributed by atoms with Crippen molar-refractivity contribution in [3.05, 3.63) is 72.3 Å². The Bertz CT molecular complexity index is 1080. The summed E-state index contributed by atoms with van der Waals surface area (Å²) in [6, 6.07) is 21.8. The number of rotatable bonds is 6. The summed E-state index contributed by atoms with van der Waals surface area (Å²) >= 11 is 0. The molecule has 0 spiro atoms. The van der Waals surface area contributed by atoms with E-state index in [1.54, 1.807) is 43.1 Å². The fraction of sp³-hybridized carbons (Fsp3) is 0.174. The molecule has 2 N–H and O–H groups in total. The number of nitriles is 1. The standard InChI is InChI=1S/C23H22N4O2/c1-16(23(29)25-19-10-5-7-17(13-19)14-24)27(2)15-22(28)26-21-12-6-9-18-8-3-4-11-20(18)21/h3-13,16H,15H2,1-2H3,(H,25,29)(H,26,28)/t16-/m1/s1. The minimum Gasteiger partial charge on any atom is -0.325 e. The molecule has 0 bridgehead atoms. The highest BCUT2D eigenvalue weighted by molar-refractivity contribution is 6.03. The van der Waals surface area contributed by atoms with Gasteiger partial charge in [0.25, 0.3) is 0 Å². The Labute approximate surface area is 169 Å². The van der Waals surface area contributed by atoms with Crippen LogP contribution in [0.5, 0.6) is 0 Å². The lowest BCUT2D eigenvalue weighted by molar-refractivity contribution is -0.122. The van der Waals surface area contributed by atoms with E-state index in [0.29, 0.717) is 11.3 Å². The van der Waals surface area contributed by atoms with Crippen LogP contribution < -0.4 is 10.6 Å². The first-order valence-corrected chi connectivity index (χ1v) is 9.27. The smallest absolute Gasteiger partial charge is 0.241 e. The summed E-state index contributed by atoms with van der Waals surface area (Å²) in [5.74, 6) is -0.449. The van der Waals surface area contributed by atoms with Crippen LogP contribution in [0.2, 0.25) is 0 Å². The zero-order valence-electron chi connectivity index (χ0n) is 16.3. The molecule has 0 unspecified atom stereocenters. The highest BCUT2D eigenvalue weighted by atomic mass is 16.2. The van der Waals surface area contributed by atoms with Crippen molar-refractivity contribution in [2.24, 2.45) is 0 Å². The quantitative estimate of drug-likeness (QED) is 0.678. The monoisotopic (exact) mass is 386 g/mol. The minimum absolute atomic E-state index is 0.0655. The van der Waals surface area contributed by atoms with Gasteiger partial charge in [0.15, 0.2) is 0 Å². The number of anilines is 2. The molecule has 6 nitrogen and oxygen atoms in total. The molecule has 0 fully saturated rings. The molecule has 6 heteroatoms. The number of hydrogen-bond donors (Lipinski definition) is 2. The first-order valence-electron chi connectivity index (χ1n) is 9.27. The van der Waals surface area contributed by atoms with Gasteiger partial charge in [-0.3, -0.25) is 14.5 Å². The van der Waals surface area contributed by atoms with E-state index < -0.39 is 6.04 Å². The van der Waals surface area contributed by atoms with Crippen molar-refractivity contribution in [3.63, 3.8) is 0 Å². The van der Waals surface area contributed by atoms with Gasteiger partial charge in [-0.1, -0.05) is 42.5 Å². The molecule has 1 atom stereocenters. The summed E-state index contributed by atoms with van der Waals surface area (Å²) in [7, 11) is 1.72. The number of nitrogens with zero attached hydrogens (tertiary/aromatic N) is 2. The van der Waals surface area contributed by atoms with Gasteiger partial charge in [-0.15, -0.1) is 0 Å². The summed E-state index contributed by atoms with van der Waals surface area (Å²) in [6.07, 6.45) is 0. The van der Waals surface area contributed by atoms with Crippen LogP contribution in [0, 0.1) is 11.3 Å². The van der Waals surface area contributed by atoms with E-state index >= 15 is 0 Å². The predicted molar refractivity (Wildman–Crippen MR) is 114 cm³/mol. The summed E-state index contributed by atoms with van der Waals surface area (Å²) in [5.41, 5.74) is 1.76. The van der Waals surface area contributed by atoms with Crippen LogP contribution in [0.4, 0.5) is 11.4 Å². The van der Waals surface area contributed by atoms with Crippen molar-refractivity contribution in [2.45, 2.75) is 13.0 Å². The van der Waals surface area contributed by atoms with Crippen LogP contribution in [-0.2, 0) is 9.59 Å². The Morgan fingerprint density at radius 2 is 1.76 bits per heavy atom. The van der Waals surface area contributed by atoms with E-state index in [9.17, 15) is 9.59 Å². The summed E-state index contributed by atoms with van der Waals surface area (Å²) in [4.78, 5) is 26.7. The van der Waals surface area contributed by atoms with Crippen molar-refractivity contribution in [3.8, 4) is 6.07 Å². The number of hydrogen-bond acceptors (Lipinski definition) is 4. The highest BCUT2D eigenvalue weighted by Gasteiger charge is 2.20. The van der Waals surface area contributed by atoms with Crippen LogP contribution in [0.3, 0.4) is 0 Å². The molecule has 3 aromatic rings. The lowest BCUT2D eigenvalue weighted by Gasteiger charge is -2.23. The minimum atomic E-state index is -0.529. The lowest BCUT2D eigenvalue weighted by Crippen LogP contribution is -2.43. The molecule has 3 aromatic carbocycles. The molecule has 29 heavy (non-hydrogen) atoms. The fourth-order valence-electron chi connectivity index (χ4n) is 3.00. The van der Waals surface area contributed by atoms with Gasteiger partial charge in [-0.05, 0) is 43.6 Å². The lowest BCUT2D eigenvalue weighted by atomic mass is 10.1. The van der Waals surface area contributed by atoms with Gasteiger partial charge >= 0.3 is 0 Å². The Kier molecular flexibility index (Phi) is 6.22. The summed E-state index contributed by atoms with van der Waals surface area (Å²) in [6.45, 7) is 1.80. The first-order chi connectivity index (χ1) is 14.0.